The topological polar surface area (TPSA) is 115 Å². The third-order valence-electron chi connectivity index (χ3n) is 10.5. The third kappa shape index (κ3) is 1.98. The van der Waals surface area contributed by atoms with E-state index in [0.29, 0.717) is 6.42 Å². The van der Waals surface area contributed by atoms with E-state index in [0.717, 1.165) is 6.08 Å². The van der Waals surface area contributed by atoms with Crippen molar-refractivity contribution < 1.29 is 34.4 Å². The number of rotatable bonds is 2. The Balaban J connectivity index is 1.64. The third-order valence-corrected chi connectivity index (χ3v) is 10.5. The highest BCUT2D eigenvalue weighted by molar-refractivity contribution is 6.04. The van der Waals surface area contributed by atoms with Gasteiger partial charge in [-0.05, 0) is 66.4 Å². The quantitative estimate of drug-likeness (QED) is 0.531. The molecule has 0 heterocycles. The van der Waals surface area contributed by atoms with Gasteiger partial charge >= 0.3 is 0 Å². The zero-order chi connectivity index (χ0) is 22.9. The van der Waals surface area contributed by atoms with Crippen molar-refractivity contribution in [2.75, 3.05) is 6.61 Å². The minimum Gasteiger partial charge on any atom is -0.507 e. The molecule has 0 saturated heterocycles. The van der Waals surface area contributed by atoms with Gasteiger partial charge in [0, 0.05) is 11.3 Å². The van der Waals surface area contributed by atoms with Crippen LogP contribution in [0.4, 0.5) is 4.39 Å². The summed E-state index contributed by atoms with van der Waals surface area (Å²) in [6.45, 7) is 7.11. The van der Waals surface area contributed by atoms with Gasteiger partial charge in [0.1, 0.15) is 18.5 Å². The smallest absolute Gasteiger partial charge is 0.223 e. The summed E-state index contributed by atoms with van der Waals surface area (Å²) in [5, 5.41) is 42.2. The molecule has 6 nitrogen and oxygen atoms in total. The lowest BCUT2D eigenvalue weighted by Gasteiger charge is -2.61. The zero-order valence-electron chi connectivity index (χ0n) is 18.4. The fourth-order valence-corrected chi connectivity index (χ4v) is 9.45. The molecule has 0 radical (unpaired) electrons. The molecule has 5 aliphatic carbocycles. The first kappa shape index (κ1) is 21.1. The van der Waals surface area contributed by atoms with Crippen LogP contribution in [0.5, 0.6) is 0 Å². The van der Waals surface area contributed by atoms with E-state index in [-0.39, 0.29) is 47.4 Å². The van der Waals surface area contributed by atoms with Crippen LogP contribution in [-0.2, 0) is 9.59 Å². The van der Waals surface area contributed by atoms with E-state index >= 15 is 4.39 Å². The molecule has 0 unspecified atom stereocenters. The van der Waals surface area contributed by atoms with E-state index in [1.165, 1.54) is 0 Å². The van der Waals surface area contributed by atoms with Crippen LogP contribution in [0.15, 0.2) is 23.2 Å². The molecule has 4 N–H and O–H groups in total. The number of hydrogen-bond donors (Lipinski definition) is 4. The molecule has 4 fully saturated rings. The summed E-state index contributed by atoms with van der Waals surface area (Å²) in [5.74, 6) is -3.32. The molecule has 0 spiro atoms. The van der Waals surface area contributed by atoms with E-state index in [9.17, 15) is 30.0 Å². The lowest BCUT2D eigenvalue weighted by molar-refractivity contribution is -0.162. The number of alkyl halides is 1. The Morgan fingerprint density at radius 3 is 2.45 bits per heavy atom. The molecule has 0 aliphatic heterocycles. The van der Waals surface area contributed by atoms with Crippen LogP contribution in [0.2, 0.25) is 0 Å². The lowest BCUT2D eigenvalue weighted by atomic mass is 9.44. The van der Waals surface area contributed by atoms with Gasteiger partial charge in [-0.1, -0.05) is 20.8 Å². The maximum absolute atomic E-state index is 15.5. The first-order valence-corrected chi connectivity index (χ1v) is 11.2. The number of Topliss-reactive ketones (excluding diaryl/α,β-unsaturated/α-hetero) is 1. The Morgan fingerprint density at radius 1 is 1.19 bits per heavy atom. The molecule has 0 bridgehead atoms. The molecular formula is C24H31FO6. The highest BCUT2D eigenvalue weighted by Gasteiger charge is 2.87. The zero-order valence-corrected chi connectivity index (χ0v) is 18.4. The summed E-state index contributed by atoms with van der Waals surface area (Å²) in [6, 6.07) is 0. The molecule has 0 aromatic heterocycles. The second kappa shape index (κ2) is 5.79. The van der Waals surface area contributed by atoms with E-state index in [2.05, 4.69) is 0 Å². The van der Waals surface area contributed by atoms with Gasteiger partial charge in [-0.25, -0.2) is 4.39 Å². The van der Waals surface area contributed by atoms with Crippen molar-refractivity contribution in [2.45, 2.75) is 59.2 Å². The van der Waals surface area contributed by atoms with Crippen molar-refractivity contribution in [1.29, 1.82) is 0 Å². The first-order valence-electron chi connectivity index (χ1n) is 11.2. The van der Waals surface area contributed by atoms with Gasteiger partial charge in [0.2, 0.25) is 11.5 Å². The first-order chi connectivity index (χ1) is 14.3. The maximum atomic E-state index is 15.5. The van der Waals surface area contributed by atoms with Crippen molar-refractivity contribution in [3.63, 3.8) is 0 Å². The summed E-state index contributed by atoms with van der Waals surface area (Å²) < 4.78 is 15.5. The fourth-order valence-electron chi connectivity index (χ4n) is 9.45. The molecule has 4 saturated carbocycles. The van der Waals surface area contributed by atoms with Crippen LogP contribution >= 0.6 is 0 Å². The number of fused-ring (bicyclic) bond motifs is 7. The van der Waals surface area contributed by atoms with E-state index in [1.54, 1.807) is 6.92 Å². The summed E-state index contributed by atoms with van der Waals surface area (Å²) >= 11 is 0. The highest BCUT2D eigenvalue weighted by atomic mass is 19.1. The van der Waals surface area contributed by atoms with Crippen LogP contribution in [0.1, 0.15) is 47.0 Å². The Kier molecular flexibility index (Phi) is 3.95. The van der Waals surface area contributed by atoms with Gasteiger partial charge in [-0.15, -0.1) is 0 Å². The summed E-state index contributed by atoms with van der Waals surface area (Å²) in [6.07, 6.45) is -0.306. The molecule has 0 aromatic rings. The van der Waals surface area contributed by atoms with Crippen LogP contribution in [0.25, 0.3) is 0 Å². The van der Waals surface area contributed by atoms with Gasteiger partial charge < -0.3 is 20.4 Å². The van der Waals surface area contributed by atoms with Crippen LogP contribution in [-0.4, -0.2) is 50.9 Å². The number of carbonyl (C=O) groups is 2. The molecule has 5 aliphatic rings. The lowest BCUT2D eigenvalue weighted by Crippen LogP contribution is -2.61. The minimum atomic E-state index is -1.49. The van der Waals surface area contributed by atoms with Crippen molar-refractivity contribution in [3.8, 4) is 0 Å². The van der Waals surface area contributed by atoms with Gasteiger partial charge in [-0.2, -0.15) is 0 Å². The Bertz CT molecular complexity index is 967. The molecule has 31 heavy (non-hydrogen) atoms. The molecule has 7 heteroatoms. The number of aliphatic hydroxyl groups excluding tert-OH is 4. The molecular weight excluding hydrogens is 403 g/mol. The normalized spacial score (nSPS) is 52.0. The van der Waals surface area contributed by atoms with Gasteiger partial charge in [-0.3, -0.25) is 9.59 Å². The van der Waals surface area contributed by atoms with Crippen molar-refractivity contribution in [1.82, 2.24) is 0 Å². The van der Waals surface area contributed by atoms with Crippen molar-refractivity contribution in [2.24, 2.45) is 45.3 Å². The Morgan fingerprint density at radius 2 is 1.84 bits per heavy atom. The Hall–Kier alpha value is -1.73. The fraction of sp³-hybridized carbons (Fsp3) is 0.750. The maximum Gasteiger partial charge on any atom is 0.223 e. The number of aliphatic hydroxyl groups is 4. The number of carbonyl (C=O) groups excluding carboxylic acids is 2. The molecule has 0 amide bonds. The van der Waals surface area contributed by atoms with Crippen molar-refractivity contribution >= 4 is 11.6 Å². The average Bonchev–Trinajstić information content (AvgIpc) is 3.03. The molecule has 5 rings (SSSR count). The van der Waals surface area contributed by atoms with E-state index in [1.807, 2.05) is 20.8 Å². The SMILES string of the molecule is CC1(C)[C@@H]2C[C@H]3[C@@H]4C[C@H](F)C5=CC(=O)C(O)=C(O)[C@]5(C)[C@H]4[C@@H](O)C[C@]3(C)[C@@]21C(=O)CO. The largest absolute Gasteiger partial charge is 0.507 e. The number of hydrogen-bond acceptors (Lipinski definition) is 6. The summed E-state index contributed by atoms with van der Waals surface area (Å²) in [5.41, 5.74) is -2.93. The summed E-state index contributed by atoms with van der Waals surface area (Å²) in [7, 11) is 0. The Labute approximate surface area is 180 Å². The molecule has 9 atom stereocenters. The minimum absolute atomic E-state index is 0.0499. The van der Waals surface area contributed by atoms with E-state index < -0.39 is 58.3 Å². The second-order valence-corrected chi connectivity index (χ2v) is 11.5. The van der Waals surface area contributed by atoms with E-state index in [4.69, 9.17) is 0 Å². The van der Waals surface area contributed by atoms with Gasteiger partial charge in [0.15, 0.2) is 5.78 Å². The van der Waals surface area contributed by atoms with Gasteiger partial charge in [0.25, 0.3) is 0 Å². The number of ketones is 2. The number of halogens is 1. The summed E-state index contributed by atoms with van der Waals surface area (Å²) in [4.78, 5) is 25.1. The standard InChI is InChI=1S/C24H31FO6/c1-21(2)16-7-11-10-5-13(25)12-6-14(27)19(30)20(31)23(12,4)18(10)15(28)8-22(11,3)24(16,21)17(29)9-26/h6,10-11,13,15-16,18,26,28,30-31H,5,7-9H2,1-4H3/t10-,11-,13-,15-,16-,18+,22-,23-,24+/m0/s1. The molecule has 0 aromatic carbocycles. The van der Waals surface area contributed by atoms with Crippen LogP contribution < -0.4 is 0 Å². The van der Waals surface area contributed by atoms with Gasteiger partial charge in [0.05, 0.1) is 11.5 Å². The van der Waals surface area contributed by atoms with Crippen LogP contribution in [0.3, 0.4) is 0 Å². The predicted octanol–water partition coefficient (Wildman–Crippen LogP) is 2.80. The average molecular weight is 435 g/mol. The van der Waals surface area contributed by atoms with Crippen LogP contribution in [0, 0.1) is 45.3 Å². The number of allylic oxidation sites excluding steroid dienone is 2. The molecule has 170 valence electrons. The van der Waals surface area contributed by atoms with Crippen molar-refractivity contribution in [3.05, 3.63) is 23.2 Å². The predicted molar refractivity (Wildman–Crippen MR) is 109 cm³/mol. The second-order valence-electron chi connectivity index (χ2n) is 11.5. The monoisotopic (exact) mass is 434 g/mol. The highest BCUT2D eigenvalue weighted by Crippen LogP contribution is 2.87.